The van der Waals surface area contributed by atoms with E-state index in [0.29, 0.717) is 11.3 Å². The first-order valence-electron chi connectivity index (χ1n) is 20.6. The van der Waals surface area contributed by atoms with Gasteiger partial charge in [0.25, 0.3) is 0 Å². The van der Waals surface area contributed by atoms with Crippen molar-refractivity contribution in [1.29, 1.82) is 0 Å². The molecule has 0 heterocycles. The van der Waals surface area contributed by atoms with Crippen LogP contribution in [0.2, 0.25) is 0 Å². The molecule has 0 fully saturated rings. The summed E-state index contributed by atoms with van der Waals surface area (Å²) in [5.74, 6) is -2.85. The van der Waals surface area contributed by atoms with Crippen LogP contribution >= 0.6 is 0 Å². The number of anilines is 2. The van der Waals surface area contributed by atoms with Gasteiger partial charge in [0.2, 0.25) is 0 Å². The van der Waals surface area contributed by atoms with E-state index in [2.05, 4.69) is 104 Å². The van der Waals surface area contributed by atoms with E-state index in [0.717, 1.165) is 74.1 Å². The van der Waals surface area contributed by atoms with Crippen molar-refractivity contribution in [3.63, 3.8) is 0 Å². The van der Waals surface area contributed by atoms with Crippen LogP contribution in [0.1, 0.15) is 86.9 Å². The van der Waals surface area contributed by atoms with Crippen molar-refractivity contribution in [1.82, 2.24) is 0 Å². The monoisotopic (exact) mass is 772 g/mol. The van der Waals surface area contributed by atoms with Gasteiger partial charge < -0.3 is 10.6 Å². The number of halogens is 2. The van der Waals surface area contributed by atoms with Gasteiger partial charge >= 0.3 is 0 Å². The second-order valence-electron chi connectivity index (χ2n) is 15.4. The van der Waals surface area contributed by atoms with Gasteiger partial charge in [-0.25, -0.2) is 8.78 Å². The van der Waals surface area contributed by atoms with Crippen LogP contribution in [0.4, 0.5) is 20.2 Å². The Labute approximate surface area is 345 Å². The van der Waals surface area contributed by atoms with Gasteiger partial charge in [0.1, 0.15) is 0 Å². The smallest absolute Gasteiger partial charge is 0.165 e. The number of hydrogen-bond donors (Lipinski definition) is 2. The molecule has 1 aliphatic carbocycles. The SMILES string of the molecule is CCc1cc(C)cc(CC)c1NC1=C(Nc2c(C(c3ccccc3)c3ccccc3)cc(F)c(F)c2C(c2ccccc2)c2ccccc2)c2cccc3cccc1c23. The van der Waals surface area contributed by atoms with Crippen molar-refractivity contribution in [2.45, 2.75) is 45.4 Å². The van der Waals surface area contributed by atoms with E-state index < -0.39 is 23.5 Å². The summed E-state index contributed by atoms with van der Waals surface area (Å²) < 4.78 is 34.4. The summed E-state index contributed by atoms with van der Waals surface area (Å²) in [6.07, 6.45) is 1.71. The number of nitrogens with one attached hydrogen (secondary N) is 2. The third kappa shape index (κ3) is 6.99. The zero-order valence-corrected chi connectivity index (χ0v) is 33.6. The summed E-state index contributed by atoms with van der Waals surface area (Å²) >= 11 is 0. The average molecular weight is 773 g/mol. The van der Waals surface area contributed by atoms with Gasteiger partial charge in [-0.2, -0.15) is 0 Å². The molecule has 9 rings (SSSR count). The summed E-state index contributed by atoms with van der Waals surface area (Å²) in [6, 6.07) is 58.8. The van der Waals surface area contributed by atoms with Crippen LogP contribution in [0.5, 0.6) is 0 Å². The lowest BCUT2D eigenvalue weighted by molar-refractivity contribution is 0.496. The molecule has 0 amide bonds. The van der Waals surface area contributed by atoms with Crippen molar-refractivity contribution in [2.24, 2.45) is 0 Å². The van der Waals surface area contributed by atoms with Gasteiger partial charge in [0.15, 0.2) is 11.6 Å². The summed E-state index contributed by atoms with van der Waals surface area (Å²) in [6.45, 7) is 6.54. The first kappa shape index (κ1) is 37.8. The van der Waals surface area contributed by atoms with E-state index in [4.69, 9.17) is 0 Å². The standard InChI is InChI=1S/C55H46F2N2/c1-4-36-32-35(3)33-37(5-2)52(36)58-54-43-30-18-28-42-29-19-31-44(49(42)43)55(54)59-53-45(47(38-20-10-6-11-21-38)39-22-12-7-13-23-39)34-46(56)51(57)50(53)48(40-24-14-8-15-25-40)41-26-16-9-17-27-41/h6-34,47-48,58-59H,4-5H2,1-3H3. The van der Waals surface area contributed by atoms with E-state index in [1.54, 1.807) is 0 Å². The summed E-state index contributed by atoms with van der Waals surface area (Å²) in [5, 5.41) is 10.2. The molecule has 2 N–H and O–H groups in total. The lowest BCUT2D eigenvalue weighted by Gasteiger charge is -2.30. The fourth-order valence-corrected chi connectivity index (χ4v) is 9.16. The molecular formula is C55H46F2N2. The van der Waals surface area contributed by atoms with Crippen LogP contribution < -0.4 is 10.6 Å². The summed E-state index contributed by atoms with van der Waals surface area (Å²) in [4.78, 5) is 0. The normalized spacial score (nSPS) is 12.2. The largest absolute Gasteiger partial charge is 0.353 e. The molecule has 1 aliphatic rings. The van der Waals surface area contributed by atoms with Crippen LogP contribution in [0, 0.1) is 18.6 Å². The van der Waals surface area contributed by atoms with Gasteiger partial charge in [-0.05, 0) is 70.2 Å². The first-order chi connectivity index (χ1) is 28.9. The molecule has 59 heavy (non-hydrogen) atoms. The van der Waals surface area contributed by atoms with Gasteiger partial charge in [-0.15, -0.1) is 0 Å². The highest BCUT2D eigenvalue weighted by Crippen LogP contribution is 2.49. The van der Waals surface area contributed by atoms with E-state index in [-0.39, 0.29) is 5.56 Å². The molecule has 0 spiro atoms. The third-order valence-corrected chi connectivity index (χ3v) is 11.8. The van der Waals surface area contributed by atoms with Crippen LogP contribution in [0.3, 0.4) is 0 Å². The molecule has 8 aromatic rings. The van der Waals surface area contributed by atoms with Crippen molar-refractivity contribution >= 4 is 33.5 Å². The molecule has 0 atom stereocenters. The molecule has 0 aromatic heterocycles. The molecule has 0 aliphatic heterocycles. The first-order valence-corrected chi connectivity index (χ1v) is 20.6. The molecule has 290 valence electrons. The molecule has 0 radical (unpaired) electrons. The van der Waals surface area contributed by atoms with Crippen LogP contribution in [0.15, 0.2) is 176 Å². The molecule has 0 saturated carbocycles. The quantitative estimate of drug-likeness (QED) is 0.121. The van der Waals surface area contributed by atoms with Crippen LogP contribution in [0.25, 0.3) is 22.2 Å². The summed E-state index contributed by atoms with van der Waals surface area (Å²) in [7, 11) is 0. The van der Waals surface area contributed by atoms with Gasteiger partial charge in [-0.3, -0.25) is 0 Å². The number of hydrogen-bond acceptors (Lipinski definition) is 2. The number of rotatable bonds is 12. The highest BCUT2D eigenvalue weighted by molar-refractivity contribution is 6.18. The molecule has 0 bridgehead atoms. The topological polar surface area (TPSA) is 24.1 Å². The lowest BCUT2D eigenvalue weighted by atomic mass is 9.78. The zero-order valence-electron chi connectivity index (χ0n) is 33.6. The second kappa shape index (κ2) is 16.2. The molecule has 4 heteroatoms. The number of aryl methyl sites for hydroxylation is 3. The maximum atomic E-state index is 17.5. The van der Waals surface area contributed by atoms with Crippen molar-refractivity contribution in [2.75, 3.05) is 10.6 Å². The minimum atomic E-state index is -0.891. The van der Waals surface area contributed by atoms with Crippen LogP contribution in [-0.4, -0.2) is 0 Å². The van der Waals surface area contributed by atoms with Gasteiger partial charge in [-0.1, -0.05) is 189 Å². The molecular weight excluding hydrogens is 727 g/mol. The van der Waals surface area contributed by atoms with Gasteiger partial charge in [0, 0.05) is 39.6 Å². The fraction of sp³-hybridized carbons (Fsp3) is 0.127. The van der Waals surface area contributed by atoms with E-state index >= 15 is 8.78 Å². The van der Waals surface area contributed by atoms with E-state index in [1.807, 2.05) is 97.1 Å². The Morgan fingerprint density at radius 2 is 0.898 bits per heavy atom. The molecule has 0 unspecified atom stereocenters. The number of benzene rings is 8. The van der Waals surface area contributed by atoms with Crippen molar-refractivity contribution < 1.29 is 8.78 Å². The summed E-state index contributed by atoms with van der Waals surface area (Å²) in [5.41, 5.74) is 13.6. The maximum Gasteiger partial charge on any atom is 0.165 e. The third-order valence-electron chi connectivity index (χ3n) is 11.8. The Balaban J connectivity index is 1.38. The second-order valence-corrected chi connectivity index (χ2v) is 15.4. The highest BCUT2D eigenvalue weighted by Gasteiger charge is 2.34. The van der Waals surface area contributed by atoms with Crippen molar-refractivity contribution in [3.8, 4) is 0 Å². The Morgan fingerprint density at radius 1 is 0.475 bits per heavy atom. The van der Waals surface area contributed by atoms with Crippen LogP contribution in [-0.2, 0) is 12.8 Å². The maximum absolute atomic E-state index is 17.5. The van der Waals surface area contributed by atoms with E-state index in [9.17, 15) is 0 Å². The predicted octanol–water partition coefficient (Wildman–Crippen LogP) is 14.3. The Morgan fingerprint density at radius 3 is 1.34 bits per heavy atom. The molecule has 8 aromatic carbocycles. The predicted molar refractivity (Wildman–Crippen MR) is 242 cm³/mol. The fourth-order valence-electron chi connectivity index (χ4n) is 9.16. The molecule has 0 saturated heterocycles. The highest BCUT2D eigenvalue weighted by atomic mass is 19.2. The Hall–Kier alpha value is -6.78. The average Bonchev–Trinajstić information content (AvgIpc) is 3.58. The lowest BCUT2D eigenvalue weighted by Crippen LogP contribution is -2.17. The van der Waals surface area contributed by atoms with Crippen molar-refractivity contribution in [3.05, 3.63) is 249 Å². The van der Waals surface area contributed by atoms with Gasteiger partial charge in [0.05, 0.1) is 17.1 Å². The Kier molecular flexibility index (Phi) is 10.4. The minimum Gasteiger partial charge on any atom is -0.353 e. The van der Waals surface area contributed by atoms with E-state index in [1.165, 1.54) is 22.8 Å². The Bertz CT molecular complexity index is 2700. The minimum absolute atomic E-state index is 0.253. The zero-order chi connectivity index (χ0) is 40.5. The molecule has 2 nitrogen and oxygen atoms in total.